The van der Waals surface area contributed by atoms with Crippen molar-refractivity contribution >= 4 is 17.7 Å². The summed E-state index contributed by atoms with van der Waals surface area (Å²) in [5, 5.41) is 17.9. The number of hydrogen-bond acceptors (Lipinski definition) is 6. The van der Waals surface area contributed by atoms with Crippen molar-refractivity contribution in [2.75, 3.05) is 36.9 Å². The van der Waals surface area contributed by atoms with E-state index in [-0.39, 0.29) is 17.3 Å². The number of anilines is 1. The van der Waals surface area contributed by atoms with Gasteiger partial charge in [-0.05, 0) is 0 Å². The fraction of sp³-hybridized carbons (Fsp3) is 0.545. The lowest BCUT2D eigenvalue weighted by molar-refractivity contribution is 0.290. The van der Waals surface area contributed by atoms with E-state index in [2.05, 4.69) is 9.88 Å². The Balaban J connectivity index is 2.07. The van der Waals surface area contributed by atoms with E-state index in [1.165, 1.54) is 0 Å². The lowest BCUT2D eigenvalue weighted by atomic mass is 10.3. The van der Waals surface area contributed by atoms with Gasteiger partial charge in [-0.2, -0.15) is 22.3 Å². The van der Waals surface area contributed by atoms with Gasteiger partial charge >= 0.3 is 0 Å². The Bertz CT molecular complexity index is 503. The van der Waals surface area contributed by atoms with Gasteiger partial charge in [-0.1, -0.05) is 0 Å². The molecule has 0 atom stereocenters. The summed E-state index contributed by atoms with van der Waals surface area (Å²) in [5.41, 5.74) is 6.12. The van der Waals surface area contributed by atoms with Crippen LogP contribution in [0.3, 0.4) is 0 Å². The molecule has 94 valence electrons. The molecule has 6 nitrogen and oxygen atoms in total. The number of imidazole rings is 1. The zero-order valence-corrected chi connectivity index (χ0v) is 10.8. The van der Waals surface area contributed by atoms with Gasteiger partial charge in [0.2, 0.25) is 5.95 Å². The minimum absolute atomic E-state index is 0.115. The maximum atomic E-state index is 9.05. The third-order valence-corrected chi connectivity index (χ3v) is 3.89. The average molecular weight is 262 g/mol. The number of rotatable bonds is 3. The molecule has 7 heteroatoms. The fourth-order valence-electron chi connectivity index (χ4n) is 1.95. The normalized spacial score (nSPS) is 16.1. The molecule has 18 heavy (non-hydrogen) atoms. The van der Waals surface area contributed by atoms with Gasteiger partial charge in [0.05, 0.1) is 0 Å². The lowest BCUT2D eigenvalue weighted by Crippen LogP contribution is -2.35. The fourth-order valence-corrected chi connectivity index (χ4v) is 2.93. The molecule has 1 aliphatic rings. The van der Waals surface area contributed by atoms with Crippen LogP contribution < -0.4 is 5.73 Å². The van der Waals surface area contributed by atoms with Gasteiger partial charge in [0.15, 0.2) is 11.4 Å². The molecule has 1 aromatic rings. The highest BCUT2D eigenvalue weighted by Crippen LogP contribution is 2.14. The maximum absolute atomic E-state index is 9.05. The van der Waals surface area contributed by atoms with Crippen molar-refractivity contribution in [3.05, 3.63) is 11.4 Å². The average Bonchev–Trinajstić information content (AvgIpc) is 2.73. The molecule has 0 bridgehead atoms. The number of thioether (sulfide) groups is 1. The summed E-state index contributed by atoms with van der Waals surface area (Å²) < 4.78 is 1.63. The molecule has 2 rings (SSSR count). The van der Waals surface area contributed by atoms with Gasteiger partial charge in [0.1, 0.15) is 12.1 Å². The van der Waals surface area contributed by atoms with Gasteiger partial charge in [0.25, 0.3) is 0 Å². The molecule has 0 amide bonds. The number of aromatic nitrogens is 2. The number of nitrogens with zero attached hydrogens (tertiary/aromatic N) is 5. The van der Waals surface area contributed by atoms with Crippen LogP contribution in [0.1, 0.15) is 11.4 Å². The lowest BCUT2D eigenvalue weighted by Gasteiger charge is -2.26. The van der Waals surface area contributed by atoms with E-state index in [1.807, 2.05) is 23.9 Å². The number of nitriles is 2. The Labute approximate surface area is 110 Å². The minimum Gasteiger partial charge on any atom is -0.369 e. The molecule has 0 spiro atoms. The Morgan fingerprint density at radius 1 is 1.22 bits per heavy atom. The van der Waals surface area contributed by atoms with Crippen LogP contribution in [0.2, 0.25) is 0 Å². The third kappa shape index (κ3) is 2.58. The first kappa shape index (κ1) is 12.7. The summed E-state index contributed by atoms with van der Waals surface area (Å²) in [6.07, 6.45) is 0. The van der Waals surface area contributed by atoms with E-state index in [0.717, 1.165) is 31.1 Å². The summed E-state index contributed by atoms with van der Waals surface area (Å²) in [6, 6.07) is 3.89. The summed E-state index contributed by atoms with van der Waals surface area (Å²) in [7, 11) is 0. The predicted octanol–water partition coefficient (Wildman–Crippen LogP) is 0.257. The Morgan fingerprint density at radius 3 is 2.56 bits per heavy atom. The molecular weight excluding hydrogens is 248 g/mol. The van der Waals surface area contributed by atoms with Crippen LogP contribution in [0.4, 0.5) is 5.95 Å². The van der Waals surface area contributed by atoms with Crippen LogP contribution in [-0.2, 0) is 6.54 Å². The third-order valence-electron chi connectivity index (χ3n) is 2.95. The van der Waals surface area contributed by atoms with Crippen molar-refractivity contribution in [2.24, 2.45) is 0 Å². The van der Waals surface area contributed by atoms with E-state index in [4.69, 9.17) is 16.3 Å². The maximum Gasteiger partial charge on any atom is 0.202 e. The molecule has 0 unspecified atom stereocenters. The standard InChI is InChI=1S/C11H14N6S/c12-7-9-10(8-13)17(11(14)15-9)2-1-16-3-5-18-6-4-16/h1-6H2,(H2,14,15). The molecule has 0 aromatic carbocycles. The molecule has 2 N–H and O–H groups in total. The zero-order valence-electron chi connectivity index (χ0n) is 9.96. The molecule has 1 aromatic heterocycles. The smallest absolute Gasteiger partial charge is 0.202 e. The number of nitrogens with two attached hydrogens (primary N) is 1. The molecule has 1 fully saturated rings. The SMILES string of the molecule is N#Cc1nc(N)n(CCN2CCSCC2)c1C#N. The summed E-state index contributed by atoms with van der Waals surface area (Å²) in [5.74, 6) is 2.54. The van der Waals surface area contributed by atoms with E-state index in [9.17, 15) is 0 Å². The van der Waals surface area contributed by atoms with Crippen molar-refractivity contribution in [2.45, 2.75) is 6.54 Å². The molecule has 0 aliphatic carbocycles. The molecular formula is C11H14N6S. The van der Waals surface area contributed by atoms with Crippen molar-refractivity contribution < 1.29 is 0 Å². The summed E-state index contributed by atoms with van der Waals surface area (Å²) in [6.45, 7) is 3.56. The van der Waals surface area contributed by atoms with Crippen molar-refractivity contribution in [1.29, 1.82) is 10.5 Å². The van der Waals surface area contributed by atoms with E-state index in [1.54, 1.807) is 4.57 Å². The highest BCUT2D eigenvalue weighted by molar-refractivity contribution is 7.99. The predicted molar refractivity (Wildman–Crippen MR) is 69.8 cm³/mol. The van der Waals surface area contributed by atoms with E-state index < -0.39 is 0 Å². The second-order valence-electron chi connectivity index (χ2n) is 4.00. The highest BCUT2D eigenvalue weighted by atomic mass is 32.2. The van der Waals surface area contributed by atoms with Crippen molar-refractivity contribution in [3.8, 4) is 12.1 Å². The summed E-state index contributed by atoms with van der Waals surface area (Å²) in [4.78, 5) is 6.23. The first-order valence-electron chi connectivity index (χ1n) is 5.72. The number of hydrogen-bond donors (Lipinski definition) is 1. The van der Waals surface area contributed by atoms with Gasteiger partial charge in [0, 0.05) is 37.7 Å². The zero-order chi connectivity index (χ0) is 13.0. The second-order valence-corrected chi connectivity index (χ2v) is 5.22. The van der Waals surface area contributed by atoms with Gasteiger partial charge in [-0.3, -0.25) is 9.47 Å². The topological polar surface area (TPSA) is 94.7 Å². The van der Waals surface area contributed by atoms with Gasteiger partial charge in [-0.15, -0.1) is 0 Å². The molecule has 2 heterocycles. The van der Waals surface area contributed by atoms with Crippen LogP contribution in [0.5, 0.6) is 0 Å². The van der Waals surface area contributed by atoms with E-state index >= 15 is 0 Å². The Morgan fingerprint density at radius 2 is 1.94 bits per heavy atom. The van der Waals surface area contributed by atoms with Gasteiger partial charge in [-0.25, -0.2) is 4.98 Å². The second kappa shape index (κ2) is 5.76. The first-order chi connectivity index (χ1) is 8.76. The number of nitrogen functional groups attached to an aromatic ring is 1. The Kier molecular flexibility index (Phi) is 4.08. The van der Waals surface area contributed by atoms with E-state index in [0.29, 0.717) is 6.54 Å². The van der Waals surface area contributed by atoms with Crippen LogP contribution in [0.15, 0.2) is 0 Å². The quantitative estimate of drug-likeness (QED) is 0.839. The minimum atomic E-state index is 0.115. The van der Waals surface area contributed by atoms with Crippen LogP contribution in [0.25, 0.3) is 0 Å². The van der Waals surface area contributed by atoms with Crippen LogP contribution >= 0.6 is 11.8 Å². The van der Waals surface area contributed by atoms with Gasteiger partial charge < -0.3 is 5.73 Å². The molecule has 0 radical (unpaired) electrons. The van der Waals surface area contributed by atoms with Crippen LogP contribution in [-0.4, -0.2) is 45.6 Å². The largest absolute Gasteiger partial charge is 0.369 e. The first-order valence-corrected chi connectivity index (χ1v) is 6.88. The summed E-state index contributed by atoms with van der Waals surface area (Å²) >= 11 is 1.96. The molecule has 0 saturated carbocycles. The van der Waals surface area contributed by atoms with Crippen molar-refractivity contribution in [3.63, 3.8) is 0 Å². The van der Waals surface area contributed by atoms with Crippen molar-refractivity contribution in [1.82, 2.24) is 14.5 Å². The molecule has 1 aliphatic heterocycles. The Hall–Kier alpha value is -1.70. The monoisotopic (exact) mass is 262 g/mol. The molecule has 1 saturated heterocycles. The van der Waals surface area contributed by atoms with Crippen LogP contribution in [0, 0.1) is 22.7 Å². The highest BCUT2D eigenvalue weighted by Gasteiger charge is 2.16.